The average Bonchev–Trinajstić information content (AvgIpc) is 3.25. The molecule has 1 aliphatic rings. The van der Waals surface area contributed by atoms with Crippen molar-refractivity contribution in [2.24, 2.45) is 5.92 Å². The fourth-order valence-electron chi connectivity index (χ4n) is 3.40. The van der Waals surface area contributed by atoms with Gasteiger partial charge in [0, 0.05) is 18.7 Å². The highest BCUT2D eigenvalue weighted by molar-refractivity contribution is 7.22. The predicted octanol–water partition coefficient (Wildman–Crippen LogP) is 4.00. The Bertz CT molecular complexity index is 1050. The zero-order chi connectivity index (χ0) is 19.7. The molecule has 1 unspecified atom stereocenters. The molecule has 0 aliphatic carbocycles. The van der Waals surface area contributed by atoms with Gasteiger partial charge in [-0.3, -0.25) is 9.59 Å². The van der Waals surface area contributed by atoms with Gasteiger partial charge in [0.25, 0.3) is 0 Å². The van der Waals surface area contributed by atoms with Gasteiger partial charge in [-0.15, -0.1) is 0 Å². The molecule has 144 valence electrons. The smallest absolute Gasteiger partial charge is 0.231 e. The number of hydrogen-bond acceptors (Lipinski definition) is 5. The van der Waals surface area contributed by atoms with E-state index in [-0.39, 0.29) is 18.2 Å². The molecule has 6 nitrogen and oxygen atoms in total. The number of fused-ring (bicyclic) bond motifs is 1. The van der Waals surface area contributed by atoms with Crippen LogP contribution < -0.4 is 15.0 Å². The highest BCUT2D eigenvalue weighted by atomic mass is 32.1. The summed E-state index contributed by atoms with van der Waals surface area (Å²) >= 11 is 1.40. The maximum absolute atomic E-state index is 12.7. The van der Waals surface area contributed by atoms with Crippen LogP contribution in [0.25, 0.3) is 10.2 Å². The van der Waals surface area contributed by atoms with Crippen LogP contribution >= 0.6 is 11.3 Å². The maximum atomic E-state index is 12.7. The summed E-state index contributed by atoms with van der Waals surface area (Å²) in [5.74, 6) is 0.193. The van der Waals surface area contributed by atoms with E-state index in [0.717, 1.165) is 27.2 Å². The average molecular weight is 395 g/mol. The van der Waals surface area contributed by atoms with Gasteiger partial charge in [-0.25, -0.2) is 4.98 Å². The molecule has 4 rings (SSSR count). The van der Waals surface area contributed by atoms with Gasteiger partial charge in [0.1, 0.15) is 5.75 Å². The van der Waals surface area contributed by atoms with Gasteiger partial charge in [0.15, 0.2) is 5.13 Å². The molecular weight excluding hydrogens is 374 g/mol. The summed E-state index contributed by atoms with van der Waals surface area (Å²) in [6.45, 7) is 4.88. The van der Waals surface area contributed by atoms with Crippen LogP contribution in [0.2, 0.25) is 0 Å². The van der Waals surface area contributed by atoms with E-state index in [0.29, 0.717) is 18.3 Å². The molecule has 28 heavy (non-hydrogen) atoms. The van der Waals surface area contributed by atoms with Crippen LogP contribution in [0.4, 0.5) is 10.8 Å². The molecule has 1 fully saturated rings. The Kier molecular flexibility index (Phi) is 5.00. The zero-order valence-electron chi connectivity index (χ0n) is 15.8. The second-order valence-corrected chi connectivity index (χ2v) is 7.79. The first-order chi connectivity index (χ1) is 13.5. The summed E-state index contributed by atoms with van der Waals surface area (Å²) in [6.07, 6.45) is 0.208. The minimum absolute atomic E-state index is 0.0277. The van der Waals surface area contributed by atoms with Crippen molar-refractivity contribution in [1.82, 2.24) is 4.98 Å². The molecule has 2 aromatic carbocycles. The first-order valence-electron chi connectivity index (χ1n) is 9.25. The number of carbonyl (C=O) groups is 2. The number of rotatable bonds is 5. The number of hydrogen-bond donors (Lipinski definition) is 1. The third kappa shape index (κ3) is 3.57. The lowest BCUT2D eigenvalue weighted by molar-refractivity contribution is -0.122. The van der Waals surface area contributed by atoms with E-state index in [1.165, 1.54) is 11.3 Å². The summed E-state index contributed by atoms with van der Waals surface area (Å²) in [6, 6.07) is 13.4. The van der Waals surface area contributed by atoms with E-state index in [1.807, 2.05) is 56.3 Å². The fourth-order valence-corrected chi connectivity index (χ4v) is 4.30. The molecule has 1 aromatic heterocycles. The lowest BCUT2D eigenvalue weighted by atomic mass is 10.1. The lowest BCUT2D eigenvalue weighted by Crippen LogP contribution is -2.28. The highest BCUT2D eigenvalue weighted by Gasteiger charge is 2.35. The Labute approximate surface area is 167 Å². The van der Waals surface area contributed by atoms with Crippen LogP contribution in [0.15, 0.2) is 42.5 Å². The highest BCUT2D eigenvalue weighted by Crippen LogP contribution is 2.31. The first-order valence-corrected chi connectivity index (χ1v) is 10.1. The minimum Gasteiger partial charge on any atom is -0.494 e. The van der Waals surface area contributed by atoms with Crippen molar-refractivity contribution in [3.8, 4) is 5.75 Å². The van der Waals surface area contributed by atoms with Gasteiger partial charge in [-0.05, 0) is 43.7 Å². The molecule has 0 radical (unpaired) electrons. The largest absolute Gasteiger partial charge is 0.494 e. The van der Waals surface area contributed by atoms with Gasteiger partial charge >= 0.3 is 0 Å². The standard InChI is InChI=1S/C21H21N3O3S/c1-3-27-15-8-9-16-18(11-15)28-21(22-16)23-20(26)14-10-19(25)24(12-14)17-7-5-4-6-13(17)2/h4-9,11,14H,3,10,12H2,1-2H3,(H,22,23,26). The number of aromatic nitrogens is 1. The van der Waals surface area contributed by atoms with Crippen molar-refractivity contribution in [3.05, 3.63) is 48.0 Å². The predicted molar refractivity (Wildman–Crippen MR) is 111 cm³/mol. The van der Waals surface area contributed by atoms with Gasteiger partial charge in [0.05, 0.1) is 22.7 Å². The lowest BCUT2D eigenvalue weighted by Gasteiger charge is -2.18. The van der Waals surface area contributed by atoms with E-state index in [1.54, 1.807) is 4.90 Å². The van der Waals surface area contributed by atoms with Crippen molar-refractivity contribution in [3.63, 3.8) is 0 Å². The first kappa shape index (κ1) is 18.4. The van der Waals surface area contributed by atoms with Crippen LogP contribution in [0.5, 0.6) is 5.75 Å². The monoisotopic (exact) mass is 395 g/mol. The second kappa shape index (κ2) is 7.59. The van der Waals surface area contributed by atoms with Gasteiger partial charge in [-0.2, -0.15) is 0 Å². The van der Waals surface area contributed by atoms with Crippen molar-refractivity contribution < 1.29 is 14.3 Å². The Morgan fingerprint density at radius 1 is 1.32 bits per heavy atom. The van der Waals surface area contributed by atoms with Crippen LogP contribution in [0.1, 0.15) is 18.9 Å². The summed E-state index contributed by atoms with van der Waals surface area (Å²) in [4.78, 5) is 31.3. The van der Waals surface area contributed by atoms with Crippen molar-refractivity contribution in [2.75, 3.05) is 23.4 Å². The number of anilines is 2. The third-order valence-electron chi connectivity index (χ3n) is 4.80. The number of carbonyl (C=O) groups excluding carboxylic acids is 2. The van der Waals surface area contributed by atoms with Crippen LogP contribution in [0, 0.1) is 12.8 Å². The molecule has 0 bridgehead atoms. The number of ether oxygens (including phenoxy) is 1. The third-order valence-corrected chi connectivity index (χ3v) is 5.74. The normalized spacial score (nSPS) is 16.6. The molecule has 3 aromatic rings. The number of nitrogens with one attached hydrogen (secondary N) is 1. The van der Waals surface area contributed by atoms with Gasteiger partial charge in [0.2, 0.25) is 11.8 Å². The molecule has 0 saturated carbocycles. The van der Waals surface area contributed by atoms with Crippen LogP contribution in [0.3, 0.4) is 0 Å². The number of nitrogens with zero attached hydrogens (tertiary/aromatic N) is 2. The van der Waals surface area contributed by atoms with Crippen molar-refractivity contribution >= 4 is 44.2 Å². The van der Waals surface area contributed by atoms with E-state index in [2.05, 4.69) is 10.3 Å². The Morgan fingerprint density at radius 2 is 2.14 bits per heavy atom. The molecule has 1 atom stereocenters. The Balaban J connectivity index is 1.47. The van der Waals surface area contributed by atoms with Crippen molar-refractivity contribution in [1.29, 1.82) is 0 Å². The Hall–Kier alpha value is -2.93. The molecule has 7 heteroatoms. The molecule has 0 spiro atoms. The van der Waals surface area contributed by atoms with Crippen LogP contribution in [-0.2, 0) is 9.59 Å². The maximum Gasteiger partial charge on any atom is 0.231 e. The summed E-state index contributed by atoms with van der Waals surface area (Å²) < 4.78 is 6.46. The molecular formula is C21H21N3O3S. The van der Waals surface area contributed by atoms with Gasteiger partial charge < -0.3 is 15.0 Å². The number of benzene rings is 2. The SMILES string of the molecule is CCOc1ccc2nc(NC(=O)C3CC(=O)N(c4ccccc4C)C3)sc2c1. The topological polar surface area (TPSA) is 71.5 Å². The molecule has 1 N–H and O–H groups in total. The molecule has 2 amide bonds. The second-order valence-electron chi connectivity index (χ2n) is 6.76. The summed E-state index contributed by atoms with van der Waals surface area (Å²) in [5, 5.41) is 3.42. The van der Waals surface area contributed by atoms with E-state index in [4.69, 9.17) is 4.74 Å². The quantitative estimate of drug-likeness (QED) is 0.709. The molecule has 1 aliphatic heterocycles. The van der Waals surface area contributed by atoms with Crippen molar-refractivity contribution in [2.45, 2.75) is 20.3 Å². The van der Waals surface area contributed by atoms with E-state index in [9.17, 15) is 9.59 Å². The number of thiazole rings is 1. The number of para-hydroxylation sites is 1. The summed E-state index contributed by atoms with van der Waals surface area (Å²) in [5.41, 5.74) is 2.70. The summed E-state index contributed by atoms with van der Waals surface area (Å²) in [7, 11) is 0. The fraction of sp³-hybridized carbons (Fsp3) is 0.286. The number of amides is 2. The zero-order valence-corrected chi connectivity index (χ0v) is 16.6. The van der Waals surface area contributed by atoms with Crippen LogP contribution in [-0.4, -0.2) is 29.9 Å². The van der Waals surface area contributed by atoms with E-state index < -0.39 is 5.92 Å². The van der Waals surface area contributed by atoms with Gasteiger partial charge in [-0.1, -0.05) is 29.5 Å². The van der Waals surface area contributed by atoms with E-state index >= 15 is 0 Å². The number of aryl methyl sites for hydroxylation is 1. The minimum atomic E-state index is -0.391. The molecule has 1 saturated heterocycles. The Morgan fingerprint density at radius 3 is 2.93 bits per heavy atom. The molecule has 2 heterocycles.